The van der Waals surface area contributed by atoms with Crippen LogP contribution in [0.4, 0.5) is 10.1 Å². The van der Waals surface area contributed by atoms with Gasteiger partial charge < -0.3 is 5.32 Å². The molecule has 0 saturated carbocycles. The Labute approximate surface area is 175 Å². The van der Waals surface area contributed by atoms with Crippen molar-refractivity contribution in [2.24, 2.45) is 5.92 Å². The molecule has 1 amide bonds. The summed E-state index contributed by atoms with van der Waals surface area (Å²) in [6.07, 6.45) is 2.49. The Hall–Kier alpha value is -1.96. The quantitative estimate of drug-likeness (QED) is 0.716. The Morgan fingerprint density at radius 3 is 2.59 bits per heavy atom. The summed E-state index contributed by atoms with van der Waals surface area (Å²) in [5, 5.41) is 2.69. The van der Waals surface area contributed by atoms with E-state index in [4.69, 9.17) is 11.6 Å². The van der Waals surface area contributed by atoms with Gasteiger partial charge in [-0.3, -0.25) is 4.79 Å². The van der Waals surface area contributed by atoms with Crippen LogP contribution in [0.25, 0.3) is 0 Å². The molecule has 5 nitrogen and oxygen atoms in total. The fourth-order valence-electron chi connectivity index (χ4n) is 3.51. The number of rotatable bonds is 6. The first kappa shape index (κ1) is 21.7. The summed E-state index contributed by atoms with van der Waals surface area (Å²) >= 11 is 5.72. The molecule has 1 aliphatic rings. The standard InChI is InChI=1S/C21H24ClFN2O3S/c1-15-3-2-4-17(13-15)24-21(26)8-5-16-9-11-25(12-10-16)29(27,28)18-6-7-20(23)19(22)14-18/h2-4,6-7,13-14,16H,5,8-12H2,1H3,(H,24,26). The fourth-order valence-corrected chi connectivity index (χ4v) is 5.25. The third kappa shape index (κ3) is 5.56. The number of carbonyl (C=O) groups is 1. The Balaban J connectivity index is 1.50. The van der Waals surface area contributed by atoms with Crippen LogP contribution in [0.5, 0.6) is 0 Å². The number of nitrogens with one attached hydrogen (secondary N) is 1. The van der Waals surface area contributed by atoms with E-state index in [9.17, 15) is 17.6 Å². The minimum Gasteiger partial charge on any atom is -0.326 e. The van der Waals surface area contributed by atoms with Crippen LogP contribution in [0.1, 0.15) is 31.2 Å². The molecule has 8 heteroatoms. The second kappa shape index (κ2) is 9.24. The van der Waals surface area contributed by atoms with Crippen LogP contribution in [0.2, 0.25) is 5.02 Å². The molecule has 29 heavy (non-hydrogen) atoms. The Kier molecular flexibility index (Phi) is 6.93. The van der Waals surface area contributed by atoms with Gasteiger partial charge in [0, 0.05) is 25.2 Å². The van der Waals surface area contributed by atoms with E-state index in [0.717, 1.165) is 23.4 Å². The molecular formula is C21H24ClFN2O3S. The number of anilines is 1. The average Bonchev–Trinajstić information content (AvgIpc) is 2.69. The summed E-state index contributed by atoms with van der Waals surface area (Å²) in [5.74, 6) is -0.388. The summed E-state index contributed by atoms with van der Waals surface area (Å²) < 4.78 is 40.2. The molecule has 1 fully saturated rings. The highest BCUT2D eigenvalue weighted by Crippen LogP contribution is 2.28. The normalized spacial score (nSPS) is 16.0. The van der Waals surface area contributed by atoms with E-state index < -0.39 is 15.8 Å². The third-order valence-corrected chi connectivity index (χ3v) is 7.37. The molecule has 2 aromatic carbocycles. The molecule has 3 rings (SSSR count). The van der Waals surface area contributed by atoms with Crippen molar-refractivity contribution in [2.45, 2.75) is 37.5 Å². The molecule has 0 spiro atoms. The molecule has 0 radical (unpaired) electrons. The van der Waals surface area contributed by atoms with Crippen molar-refractivity contribution in [1.29, 1.82) is 0 Å². The molecule has 156 valence electrons. The van der Waals surface area contributed by atoms with Crippen molar-refractivity contribution < 1.29 is 17.6 Å². The van der Waals surface area contributed by atoms with E-state index in [1.165, 1.54) is 10.4 Å². The van der Waals surface area contributed by atoms with Gasteiger partial charge in [0.05, 0.1) is 9.92 Å². The van der Waals surface area contributed by atoms with E-state index >= 15 is 0 Å². The lowest BCUT2D eigenvalue weighted by atomic mass is 9.93. The molecule has 0 unspecified atom stereocenters. The highest BCUT2D eigenvalue weighted by Gasteiger charge is 2.30. The first-order chi connectivity index (χ1) is 13.8. The number of hydrogen-bond donors (Lipinski definition) is 1. The van der Waals surface area contributed by atoms with Gasteiger partial charge in [-0.1, -0.05) is 23.7 Å². The molecule has 1 saturated heterocycles. The van der Waals surface area contributed by atoms with Gasteiger partial charge in [0.2, 0.25) is 15.9 Å². The molecule has 0 aliphatic carbocycles. The summed E-state index contributed by atoms with van der Waals surface area (Å²) in [7, 11) is -3.70. The summed E-state index contributed by atoms with van der Waals surface area (Å²) in [6.45, 7) is 2.72. The first-order valence-corrected chi connectivity index (χ1v) is 11.4. The fraction of sp³-hybridized carbons (Fsp3) is 0.381. The second-order valence-electron chi connectivity index (χ2n) is 7.38. The predicted molar refractivity (Wildman–Crippen MR) is 112 cm³/mol. The van der Waals surface area contributed by atoms with Gasteiger partial charge in [-0.25, -0.2) is 12.8 Å². The smallest absolute Gasteiger partial charge is 0.243 e. The van der Waals surface area contributed by atoms with Gasteiger partial charge in [-0.05, 0) is 68.0 Å². The molecular weight excluding hydrogens is 415 g/mol. The second-order valence-corrected chi connectivity index (χ2v) is 9.72. The van der Waals surface area contributed by atoms with Crippen LogP contribution in [0, 0.1) is 18.7 Å². The lowest BCUT2D eigenvalue weighted by Gasteiger charge is -2.31. The van der Waals surface area contributed by atoms with Gasteiger partial charge in [-0.2, -0.15) is 4.31 Å². The number of sulfonamides is 1. The van der Waals surface area contributed by atoms with E-state index in [1.807, 2.05) is 31.2 Å². The maximum atomic E-state index is 13.3. The number of amides is 1. The Morgan fingerprint density at radius 1 is 1.21 bits per heavy atom. The average molecular weight is 439 g/mol. The lowest BCUT2D eigenvalue weighted by Crippen LogP contribution is -2.38. The monoisotopic (exact) mass is 438 g/mol. The largest absolute Gasteiger partial charge is 0.326 e. The highest BCUT2D eigenvalue weighted by atomic mass is 35.5. The van der Waals surface area contributed by atoms with Crippen molar-refractivity contribution in [1.82, 2.24) is 4.31 Å². The van der Waals surface area contributed by atoms with Crippen molar-refractivity contribution in [3.05, 3.63) is 58.9 Å². The third-order valence-electron chi connectivity index (χ3n) is 5.18. The number of hydrogen-bond acceptors (Lipinski definition) is 3. The van der Waals surface area contributed by atoms with Gasteiger partial charge in [0.15, 0.2) is 0 Å². The first-order valence-electron chi connectivity index (χ1n) is 9.57. The number of nitrogens with zero attached hydrogens (tertiary/aromatic N) is 1. The summed E-state index contributed by atoms with van der Waals surface area (Å²) in [5.41, 5.74) is 1.87. The SMILES string of the molecule is Cc1cccc(NC(=O)CCC2CCN(S(=O)(=O)c3ccc(F)c(Cl)c3)CC2)c1. The van der Waals surface area contributed by atoms with Gasteiger partial charge in [0.1, 0.15) is 5.82 Å². The molecule has 1 heterocycles. The van der Waals surface area contributed by atoms with E-state index in [2.05, 4.69) is 5.32 Å². The summed E-state index contributed by atoms with van der Waals surface area (Å²) in [6, 6.07) is 11.1. The highest BCUT2D eigenvalue weighted by molar-refractivity contribution is 7.89. The van der Waals surface area contributed by atoms with Gasteiger partial charge in [-0.15, -0.1) is 0 Å². The zero-order valence-electron chi connectivity index (χ0n) is 16.2. The van der Waals surface area contributed by atoms with Crippen LogP contribution in [-0.2, 0) is 14.8 Å². The zero-order chi connectivity index (χ0) is 21.0. The maximum absolute atomic E-state index is 13.3. The van der Waals surface area contributed by atoms with Crippen LogP contribution >= 0.6 is 11.6 Å². The van der Waals surface area contributed by atoms with E-state index in [0.29, 0.717) is 44.7 Å². The van der Waals surface area contributed by atoms with Crippen LogP contribution in [0.15, 0.2) is 47.4 Å². The van der Waals surface area contributed by atoms with Crippen LogP contribution in [0.3, 0.4) is 0 Å². The molecule has 1 N–H and O–H groups in total. The van der Waals surface area contributed by atoms with Gasteiger partial charge in [0.25, 0.3) is 0 Å². The van der Waals surface area contributed by atoms with Crippen molar-refractivity contribution in [3.8, 4) is 0 Å². The van der Waals surface area contributed by atoms with Crippen molar-refractivity contribution in [3.63, 3.8) is 0 Å². The Bertz CT molecular complexity index is 989. The van der Waals surface area contributed by atoms with Crippen molar-refractivity contribution in [2.75, 3.05) is 18.4 Å². The molecule has 1 aliphatic heterocycles. The number of benzene rings is 2. The molecule has 0 bridgehead atoms. The minimum atomic E-state index is -3.70. The van der Waals surface area contributed by atoms with Crippen LogP contribution < -0.4 is 5.32 Å². The zero-order valence-corrected chi connectivity index (χ0v) is 17.8. The van der Waals surface area contributed by atoms with E-state index in [1.54, 1.807) is 0 Å². The molecule has 2 aromatic rings. The minimum absolute atomic E-state index is 0.000109. The lowest BCUT2D eigenvalue weighted by molar-refractivity contribution is -0.116. The molecule has 0 atom stereocenters. The molecule has 0 aromatic heterocycles. The van der Waals surface area contributed by atoms with Crippen LogP contribution in [-0.4, -0.2) is 31.7 Å². The maximum Gasteiger partial charge on any atom is 0.243 e. The number of carbonyl (C=O) groups excluding carboxylic acids is 1. The number of piperidine rings is 1. The topological polar surface area (TPSA) is 66.5 Å². The van der Waals surface area contributed by atoms with Gasteiger partial charge >= 0.3 is 0 Å². The number of halogens is 2. The predicted octanol–water partition coefficient (Wildman–Crippen LogP) is 4.61. The summed E-state index contributed by atoms with van der Waals surface area (Å²) in [4.78, 5) is 12.2. The van der Waals surface area contributed by atoms with Crippen molar-refractivity contribution >= 4 is 33.2 Å². The van der Waals surface area contributed by atoms with E-state index in [-0.39, 0.29) is 15.8 Å². The Morgan fingerprint density at radius 2 is 1.93 bits per heavy atom. The number of aryl methyl sites for hydroxylation is 1.